The molecule has 0 aromatic rings. The Bertz CT molecular complexity index is 212. The van der Waals surface area contributed by atoms with E-state index in [1.807, 2.05) is 0 Å². The maximum absolute atomic E-state index is 11.1. The minimum Gasteiger partial charge on any atom is -0.343 e. The second-order valence-electron chi connectivity index (χ2n) is 3.80. The van der Waals surface area contributed by atoms with Gasteiger partial charge in [0.15, 0.2) is 0 Å². The van der Waals surface area contributed by atoms with Gasteiger partial charge in [0.2, 0.25) is 5.79 Å². The summed E-state index contributed by atoms with van der Waals surface area (Å²) in [7, 11) is 0. The predicted molar refractivity (Wildman–Crippen MR) is 51.0 cm³/mol. The number of carbonyl (C=O) groups is 1. The summed E-state index contributed by atoms with van der Waals surface area (Å²) in [5.74, 6) is -0.978. The fraction of sp³-hybridized carbons (Fsp3) is 0.875. The smallest absolute Gasteiger partial charge is 0.250 e. The number of halogens is 1. The molecule has 3 nitrogen and oxygen atoms in total. The van der Waals surface area contributed by atoms with Crippen molar-refractivity contribution in [3.63, 3.8) is 0 Å². The first-order chi connectivity index (χ1) is 5.56. The fourth-order valence-electron chi connectivity index (χ4n) is 1.24. The number of ether oxygens (including phenoxy) is 2. The Kier molecular flexibility index (Phi) is 1.97. The van der Waals surface area contributed by atoms with Crippen LogP contribution < -0.4 is 0 Å². The van der Waals surface area contributed by atoms with E-state index in [1.165, 1.54) is 12.8 Å². The van der Waals surface area contributed by atoms with Crippen LogP contribution in [0.25, 0.3) is 0 Å². The summed E-state index contributed by atoms with van der Waals surface area (Å²) in [6.45, 7) is 3.05. The first kappa shape index (κ1) is 8.90. The summed E-state index contributed by atoms with van der Waals surface area (Å²) in [5.41, 5.74) is 0.269. The van der Waals surface area contributed by atoms with Crippen LogP contribution in [0.1, 0.15) is 19.8 Å². The van der Waals surface area contributed by atoms with Gasteiger partial charge in [-0.15, -0.1) is 0 Å². The van der Waals surface area contributed by atoms with E-state index in [0.29, 0.717) is 13.2 Å². The zero-order valence-electron chi connectivity index (χ0n) is 6.93. The molecule has 2 aliphatic rings. The first-order valence-corrected chi connectivity index (χ1v) is 5.12. The van der Waals surface area contributed by atoms with Crippen molar-refractivity contribution in [2.75, 3.05) is 13.2 Å². The third-order valence-corrected chi connectivity index (χ3v) is 3.60. The van der Waals surface area contributed by atoms with Gasteiger partial charge in [0, 0.05) is 28.0 Å². The van der Waals surface area contributed by atoms with E-state index < -0.39 is 5.79 Å². The van der Waals surface area contributed by atoms with Crippen molar-refractivity contribution in [2.45, 2.75) is 25.6 Å². The highest BCUT2D eigenvalue weighted by molar-refractivity contribution is 14.1. The summed E-state index contributed by atoms with van der Waals surface area (Å²) >= 11 is 1.72. The lowest BCUT2D eigenvalue weighted by Gasteiger charge is -2.35. The molecule has 0 amide bonds. The van der Waals surface area contributed by atoms with E-state index in [-0.39, 0.29) is 9.20 Å². The molecule has 1 spiro atoms. The highest BCUT2D eigenvalue weighted by atomic mass is 127. The normalized spacial score (nSPS) is 30.2. The number of hydrogen-bond acceptors (Lipinski definition) is 3. The van der Waals surface area contributed by atoms with Crippen molar-refractivity contribution in [1.29, 1.82) is 0 Å². The summed E-state index contributed by atoms with van der Waals surface area (Å²) in [6.07, 6.45) is 2.36. The summed E-state index contributed by atoms with van der Waals surface area (Å²) in [4.78, 5) is 11.1. The first-order valence-electron chi connectivity index (χ1n) is 4.04. The van der Waals surface area contributed by atoms with E-state index in [0.717, 1.165) is 0 Å². The minimum atomic E-state index is -0.978. The van der Waals surface area contributed by atoms with Crippen LogP contribution in [0.5, 0.6) is 0 Å². The Morgan fingerprint density at radius 1 is 1.33 bits per heavy atom. The molecule has 2 fully saturated rings. The molecule has 0 radical (unpaired) electrons. The van der Waals surface area contributed by atoms with Gasteiger partial charge in [-0.05, 0) is 19.8 Å². The van der Waals surface area contributed by atoms with Gasteiger partial charge in [0.05, 0.1) is 13.2 Å². The van der Waals surface area contributed by atoms with Crippen LogP contribution >= 0.6 is 22.6 Å². The molecule has 1 aliphatic carbocycles. The number of rotatable bonds is 1. The maximum atomic E-state index is 11.1. The minimum absolute atomic E-state index is 0.0735. The molecule has 4 heteroatoms. The molecule has 1 aliphatic heterocycles. The van der Waals surface area contributed by atoms with Crippen molar-refractivity contribution in [3.05, 3.63) is 0 Å². The van der Waals surface area contributed by atoms with E-state index >= 15 is 0 Å². The zero-order chi connectivity index (χ0) is 8.82. The second-order valence-corrected chi connectivity index (χ2v) is 4.78. The van der Waals surface area contributed by atoms with Crippen LogP contribution in [0.3, 0.4) is 0 Å². The van der Waals surface area contributed by atoms with Crippen LogP contribution in [0, 0.1) is 5.41 Å². The quantitative estimate of drug-likeness (QED) is 0.540. The van der Waals surface area contributed by atoms with Crippen molar-refractivity contribution in [1.82, 2.24) is 0 Å². The summed E-state index contributed by atoms with van der Waals surface area (Å²) in [5, 5.41) is 0. The van der Waals surface area contributed by atoms with Crippen molar-refractivity contribution < 1.29 is 14.3 Å². The molecule has 2 rings (SSSR count). The molecule has 0 aromatic carbocycles. The molecule has 0 unspecified atom stereocenters. The zero-order valence-corrected chi connectivity index (χ0v) is 9.09. The molecule has 0 aromatic heterocycles. The van der Waals surface area contributed by atoms with Gasteiger partial charge in [-0.2, -0.15) is 0 Å². The lowest BCUT2D eigenvalue weighted by Crippen LogP contribution is -2.46. The number of hydrogen-bond donors (Lipinski definition) is 0. The third kappa shape index (κ3) is 1.40. The average molecular weight is 282 g/mol. The lowest BCUT2D eigenvalue weighted by molar-refractivity contribution is -0.257. The molecule has 68 valence electrons. The second kappa shape index (κ2) is 2.65. The molecular weight excluding hydrogens is 271 g/mol. The van der Waals surface area contributed by atoms with Crippen LogP contribution in [0.15, 0.2) is 0 Å². The Balaban J connectivity index is 2.01. The average Bonchev–Trinajstić information content (AvgIpc) is 2.77. The SMILES string of the molecule is CC1(C(=O)I)OCC2(CC2)CO1. The van der Waals surface area contributed by atoms with Crippen molar-refractivity contribution in [2.24, 2.45) is 5.41 Å². The van der Waals surface area contributed by atoms with Crippen molar-refractivity contribution in [3.8, 4) is 0 Å². The Morgan fingerprint density at radius 2 is 1.83 bits per heavy atom. The van der Waals surface area contributed by atoms with E-state index in [1.54, 1.807) is 29.5 Å². The van der Waals surface area contributed by atoms with Gasteiger partial charge in [-0.1, -0.05) is 0 Å². The lowest BCUT2D eigenvalue weighted by atomic mass is 10.1. The van der Waals surface area contributed by atoms with Crippen LogP contribution in [-0.2, 0) is 14.3 Å². The van der Waals surface area contributed by atoms with Gasteiger partial charge >= 0.3 is 0 Å². The van der Waals surface area contributed by atoms with E-state index in [2.05, 4.69) is 0 Å². The van der Waals surface area contributed by atoms with E-state index in [4.69, 9.17) is 9.47 Å². The van der Waals surface area contributed by atoms with Gasteiger partial charge in [-0.25, -0.2) is 0 Å². The fourth-order valence-corrected chi connectivity index (χ4v) is 1.56. The standard InChI is InChI=1S/C8H11IO3/c1-7(6(9)10)11-4-8(2-3-8)5-12-7/h2-5H2,1H3. The number of carbonyl (C=O) groups excluding carboxylic acids is 1. The molecule has 0 bridgehead atoms. The molecule has 0 atom stereocenters. The molecule has 12 heavy (non-hydrogen) atoms. The van der Waals surface area contributed by atoms with Gasteiger partial charge in [-0.3, -0.25) is 4.79 Å². The highest BCUT2D eigenvalue weighted by Gasteiger charge is 2.51. The Labute approximate surface area is 84.9 Å². The molecular formula is C8H11IO3. The Morgan fingerprint density at radius 3 is 2.17 bits per heavy atom. The molecule has 1 saturated carbocycles. The topological polar surface area (TPSA) is 35.5 Å². The summed E-state index contributed by atoms with van der Waals surface area (Å²) < 4.78 is 10.8. The molecule has 1 heterocycles. The highest BCUT2D eigenvalue weighted by Crippen LogP contribution is 2.50. The van der Waals surface area contributed by atoms with Crippen molar-refractivity contribution >= 4 is 26.4 Å². The van der Waals surface area contributed by atoms with Crippen LogP contribution in [0.2, 0.25) is 0 Å². The predicted octanol–water partition coefficient (Wildman–Crippen LogP) is 1.49. The largest absolute Gasteiger partial charge is 0.343 e. The maximum Gasteiger partial charge on any atom is 0.250 e. The van der Waals surface area contributed by atoms with Gasteiger partial charge in [0.25, 0.3) is 3.79 Å². The van der Waals surface area contributed by atoms with Crippen LogP contribution in [0.4, 0.5) is 0 Å². The molecule has 1 saturated heterocycles. The third-order valence-electron chi connectivity index (χ3n) is 2.62. The molecule has 0 N–H and O–H groups in total. The summed E-state index contributed by atoms with van der Waals surface area (Å²) in [6, 6.07) is 0. The van der Waals surface area contributed by atoms with Gasteiger partial charge < -0.3 is 9.47 Å². The van der Waals surface area contributed by atoms with E-state index in [9.17, 15) is 4.79 Å². The monoisotopic (exact) mass is 282 g/mol. The van der Waals surface area contributed by atoms with Gasteiger partial charge in [0.1, 0.15) is 0 Å². The Hall–Kier alpha value is 0.320. The van der Waals surface area contributed by atoms with Crippen LogP contribution in [-0.4, -0.2) is 22.8 Å².